The third-order valence-electron chi connectivity index (χ3n) is 2.57. The minimum Gasteiger partial charge on any atom is -0.345 e. The van der Waals surface area contributed by atoms with Crippen LogP contribution >= 0.6 is 11.3 Å². The highest BCUT2D eigenvalue weighted by Gasteiger charge is 2.19. The fourth-order valence-electron chi connectivity index (χ4n) is 1.46. The molecule has 0 aromatic carbocycles. The molecule has 1 N–H and O–H groups in total. The molecule has 0 radical (unpaired) electrons. The highest BCUT2D eigenvalue weighted by Crippen LogP contribution is 2.27. The third kappa shape index (κ3) is 3.04. The zero-order valence-corrected chi connectivity index (χ0v) is 12.0. The summed E-state index contributed by atoms with van der Waals surface area (Å²) in [6.45, 7) is 8.58. The first-order valence-corrected chi connectivity index (χ1v) is 6.84. The van der Waals surface area contributed by atoms with Gasteiger partial charge in [-0.15, -0.1) is 11.3 Å². The summed E-state index contributed by atoms with van der Waals surface area (Å²) in [5, 5.41) is 6.44. The van der Waals surface area contributed by atoms with Crippen molar-refractivity contribution in [3.63, 3.8) is 0 Å². The molecule has 0 saturated heterocycles. The summed E-state index contributed by atoms with van der Waals surface area (Å²) in [6, 6.07) is 1.92. The molecule has 2 aromatic rings. The maximum absolute atomic E-state index is 4.68. The van der Waals surface area contributed by atoms with E-state index >= 15 is 0 Å². The maximum atomic E-state index is 4.68. The van der Waals surface area contributed by atoms with Crippen LogP contribution in [0.15, 0.2) is 23.8 Å². The lowest BCUT2D eigenvalue weighted by molar-refractivity contribution is 0.569. The Balaban J connectivity index is 2.10. The van der Waals surface area contributed by atoms with Crippen molar-refractivity contribution in [2.24, 2.45) is 0 Å². The number of thiazole rings is 1. The van der Waals surface area contributed by atoms with E-state index in [9.17, 15) is 0 Å². The highest BCUT2D eigenvalue weighted by atomic mass is 32.1. The van der Waals surface area contributed by atoms with E-state index in [1.807, 2.05) is 0 Å². The molecule has 0 aliphatic carbocycles. The summed E-state index contributed by atoms with van der Waals surface area (Å²) in [5.74, 6) is 0.637. The Labute approximate surface area is 112 Å². The Kier molecular flexibility index (Phi) is 3.61. The molecular formula is C13H18N4S. The van der Waals surface area contributed by atoms with Crippen LogP contribution in [0.1, 0.15) is 44.4 Å². The number of nitrogens with zero attached hydrogens (tertiary/aromatic N) is 3. The van der Waals surface area contributed by atoms with E-state index in [1.54, 1.807) is 29.8 Å². The smallest absolute Gasteiger partial charge is 0.223 e. The lowest BCUT2D eigenvalue weighted by Gasteiger charge is -2.15. The van der Waals surface area contributed by atoms with Crippen LogP contribution in [0.4, 0.5) is 5.95 Å². The number of hydrogen-bond donors (Lipinski definition) is 1. The number of hydrogen-bond acceptors (Lipinski definition) is 5. The van der Waals surface area contributed by atoms with Gasteiger partial charge in [-0.2, -0.15) is 0 Å². The van der Waals surface area contributed by atoms with E-state index in [0.717, 1.165) is 10.7 Å². The summed E-state index contributed by atoms with van der Waals surface area (Å²) in [4.78, 5) is 13.0. The van der Waals surface area contributed by atoms with Gasteiger partial charge in [0.25, 0.3) is 0 Å². The monoisotopic (exact) mass is 262 g/mol. The molecule has 2 aromatic heterocycles. The third-order valence-corrected chi connectivity index (χ3v) is 3.60. The van der Waals surface area contributed by atoms with Gasteiger partial charge in [0.1, 0.15) is 5.01 Å². The van der Waals surface area contributed by atoms with Gasteiger partial charge in [0, 0.05) is 23.2 Å². The van der Waals surface area contributed by atoms with Gasteiger partial charge in [-0.25, -0.2) is 15.0 Å². The van der Waals surface area contributed by atoms with Crippen LogP contribution in [0.5, 0.6) is 0 Å². The second-order valence-corrected chi connectivity index (χ2v) is 6.15. The molecule has 96 valence electrons. The van der Waals surface area contributed by atoms with Gasteiger partial charge < -0.3 is 5.32 Å². The normalized spacial score (nSPS) is 13.3. The van der Waals surface area contributed by atoms with Crippen LogP contribution in [-0.4, -0.2) is 15.0 Å². The Morgan fingerprint density at radius 2 is 1.89 bits per heavy atom. The Hall–Kier alpha value is -1.49. The molecule has 2 rings (SSSR count). The van der Waals surface area contributed by atoms with Gasteiger partial charge in [-0.3, -0.25) is 0 Å². The summed E-state index contributed by atoms with van der Waals surface area (Å²) < 4.78 is 0. The summed E-state index contributed by atoms with van der Waals surface area (Å²) in [6.07, 6.45) is 3.45. The van der Waals surface area contributed by atoms with Crippen molar-refractivity contribution >= 4 is 17.3 Å². The largest absolute Gasteiger partial charge is 0.345 e. The molecule has 0 aliphatic heterocycles. The van der Waals surface area contributed by atoms with Gasteiger partial charge >= 0.3 is 0 Å². The molecule has 0 amide bonds. The van der Waals surface area contributed by atoms with E-state index in [-0.39, 0.29) is 11.5 Å². The average molecular weight is 262 g/mol. The predicted molar refractivity (Wildman–Crippen MR) is 74.9 cm³/mol. The van der Waals surface area contributed by atoms with Crippen LogP contribution in [0.25, 0.3) is 0 Å². The molecular weight excluding hydrogens is 244 g/mol. The predicted octanol–water partition coefficient (Wildman–Crippen LogP) is 3.40. The van der Waals surface area contributed by atoms with E-state index in [4.69, 9.17) is 0 Å². The molecule has 0 saturated carbocycles. The fourth-order valence-corrected chi connectivity index (χ4v) is 2.51. The fraction of sp³-hybridized carbons (Fsp3) is 0.462. The van der Waals surface area contributed by atoms with E-state index in [1.165, 1.54) is 0 Å². The van der Waals surface area contributed by atoms with Crippen molar-refractivity contribution in [1.29, 1.82) is 0 Å². The van der Waals surface area contributed by atoms with Crippen LogP contribution in [0, 0.1) is 0 Å². The Bertz CT molecular complexity index is 501. The Morgan fingerprint density at radius 1 is 1.22 bits per heavy atom. The zero-order valence-electron chi connectivity index (χ0n) is 11.1. The standard InChI is InChI=1S/C13H18N4S/c1-9(16-12-14-6-5-7-15-12)11-17-10(8-18-11)13(2,3)4/h5-9H,1-4H3,(H,14,15,16). The van der Waals surface area contributed by atoms with Crippen molar-refractivity contribution in [1.82, 2.24) is 15.0 Å². The minimum absolute atomic E-state index is 0.0950. The molecule has 18 heavy (non-hydrogen) atoms. The van der Waals surface area contributed by atoms with Crippen molar-refractivity contribution in [3.05, 3.63) is 34.5 Å². The SMILES string of the molecule is CC(Nc1ncccn1)c1nc(C(C)(C)C)cs1. The van der Waals surface area contributed by atoms with Gasteiger partial charge in [-0.05, 0) is 13.0 Å². The summed E-state index contributed by atoms with van der Waals surface area (Å²) in [7, 11) is 0. The molecule has 0 fully saturated rings. The van der Waals surface area contributed by atoms with Crippen LogP contribution in [0.2, 0.25) is 0 Å². The first kappa shape index (κ1) is 13.0. The first-order chi connectivity index (χ1) is 8.47. The lowest BCUT2D eigenvalue weighted by atomic mass is 9.93. The van der Waals surface area contributed by atoms with E-state index < -0.39 is 0 Å². The lowest BCUT2D eigenvalue weighted by Crippen LogP contribution is -2.13. The highest BCUT2D eigenvalue weighted by molar-refractivity contribution is 7.09. The molecule has 2 heterocycles. The topological polar surface area (TPSA) is 50.7 Å². The van der Waals surface area contributed by atoms with Gasteiger partial charge in [-0.1, -0.05) is 20.8 Å². The number of anilines is 1. The summed E-state index contributed by atoms with van der Waals surface area (Å²) in [5.41, 5.74) is 1.22. The van der Waals surface area contributed by atoms with Crippen molar-refractivity contribution in [2.45, 2.75) is 39.2 Å². The summed E-state index contributed by atoms with van der Waals surface area (Å²) >= 11 is 1.67. The van der Waals surface area contributed by atoms with Gasteiger partial charge in [0.2, 0.25) is 5.95 Å². The minimum atomic E-state index is 0.0950. The van der Waals surface area contributed by atoms with E-state index in [2.05, 4.69) is 53.3 Å². The van der Waals surface area contributed by atoms with Crippen molar-refractivity contribution < 1.29 is 0 Å². The molecule has 0 spiro atoms. The molecule has 1 unspecified atom stereocenters. The zero-order chi connectivity index (χ0) is 13.2. The average Bonchev–Trinajstić information content (AvgIpc) is 2.79. The molecule has 4 nitrogen and oxygen atoms in total. The Morgan fingerprint density at radius 3 is 2.44 bits per heavy atom. The van der Waals surface area contributed by atoms with Crippen LogP contribution < -0.4 is 5.32 Å². The van der Waals surface area contributed by atoms with Crippen molar-refractivity contribution in [3.8, 4) is 0 Å². The van der Waals surface area contributed by atoms with E-state index in [0.29, 0.717) is 5.95 Å². The van der Waals surface area contributed by atoms with Crippen LogP contribution in [-0.2, 0) is 5.41 Å². The quantitative estimate of drug-likeness (QED) is 0.921. The molecule has 0 aliphatic rings. The number of aromatic nitrogens is 3. The molecule has 0 bridgehead atoms. The van der Waals surface area contributed by atoms with Gasteiger partial charge in [0.05, 0.1) is 11.7 Å². The second kappa shape index (κ2) is 5.02. The van der Waals surface area contributed by atoms with Crippen molar-refractivity contribution in [2.75, 3.05) is 5.32 Å². The maximum Gasteiger partial charge on any atom is 0.223 e. The molecule has 5 heteroatoms. The van der Waals surface area contributed by atoms with Crippen LogP contribution in [0.3, 0.4) is 0 Å². The number of nitrogens with one attached hydrogen (secondary N) is 1. The second-order valence-electron chi connectivity index (χ2n) is 5.26. The molecule has 1 atom stereocenters. The number of rotatable bonds is 3. The van der Waals surface area contributed by atoms with Gasteiger partial charge in [0.15, 0.2) is 0 Å². The first-order valence-electron chi connectivity index (χ1n) is 5.96.